The molecule has 8 heteroatoms. The molecular formula is C26H25N5O3. The van der Waals surface area contributed by atoms with Crippen LogP contribution < -0.4 is 21.1 Å². The number of rotatable bonds is 5. The number of morpholine rings is 1. The number of benzene rings is 2. The van der Waals surface area contributed by atoms with Crippen LogP contribution in [0.4, 0.5) is 17.2 Å². The summed E-state index contributed by atoms with van der Waals surface area (Å²) in [6.45, 7) is 3.22. The van der Waals surface area contributed by atoms with Gasteiger partial charge in [0.2, 0.25) is 0 Å². The Bertz CT molecular complexity index is 1370. The molecule has 34 heavy (non-hydrogen) atoms. The third kappa shape index (κ3) is 4.23. The van der Waals surface area contributed by atoms with Crippen LogP contribution in [-0.4, -0.2) is 49.2 Å². The van der Waals surface area contributed by atoms with E-state index in [1.165, 1.54) is 0 Å². The molecule has 1 saturated heterocycles. The average molecular weight is 456 g/mol. The molecule has 0 atom stereocenters. The Morgan fingerprint density at radius 2 is 1.76 bits per heavy atom. The molecule has 2 aromatic heterocycles. The number of amides is 1. The van der Waals surface area contributed by atoms with Crippen LogP contribution >= 0.6 is 0 Å². The van der Waals surface area contributed by atoms with Gasteiger partial charge in [0, 0.05) is 60.4 Å². The summed E-state index contributed by atoms with van der Waals surface area (Å²) in [5.41, 5.74) is 4.08. The normalized spacial score (nSPS) is 13.6. The summed E-state index contributed by atoms with van der Waals surface area (Å²) in [6.07, 6.45) is 3.38. The summed E-state index contributed by atoms with van der Waals surface area (Å²) in [7, 11) is 1.60. The van der Waals surface area contributed by atoms with Crippen molar-refractivity contribution in [1.29, 1.82) is 0 Å². The predicted octanol–water partition coefficient (Wildman–Crippen LogP) is 3.53. The summed E-state index contributed by atoms with van der Waals surface area (Å²) in [6, 6.07) is 17.2. The molecule has 1 aliphatic rings. The lowest BCUT2D eigenvalue weighted by Crippen LogP contribution is -2.36. The van der Waals surface area contributed by atoms with Crippen molar-refractivity contribution < 1.29 is 9.53 Å². The molecule has 0 saturated carbocycles. The number of aromatic nitrogens is 2. The molecule has 2 aromatic carbocycles. The molecule has 1 aliphatic heterocycles. The fraction of sp³-hybridized carbons (Fsp3) is 0.192. The standard InChI is InChI=1S/C26H25N5O3/c1-27-25(32)18-4-2-17(3-5-18)22-16-29-26(33)23-21(22)10-11-28-24(23)30-19-6-8-20(9-7-19)31-12-14-34-15-13-31/h2-11,16H,12-15H2,1H3,(H,27,32)(H,28,30)(H,29,33). The number of carbonyl (C=O) groups excluding carboxylic acids is 1. The van der Waals surface area contributed by atoms with Crippen LogP contribution in [0, 0.1) is 0 Å². The maximum absolute atomic E-state index is 12.8. The molecule has 0 radical (unpaired) electrons. The van der Waals surface area contributed by atoms with E-state index in [9.17, 15) is 9.59 Å². The van der Waals surface area contributed by atoms with Crippen molar-refractivity contribution in [2.75, 3.05) is 43.6 Å². The van der Waals surface area contributed by atoms with Crippen LogP contribution in [0.15, 0.2) is 71.8 Å². The molecule has 172 valence electrons. The second-order valence-corrected chi connectivity index (χ2v) is 8.04. The van der Waals surface area contributed by atoms with Crippen molar-refractivity contribution in [3.05, 3.63) is 82.9 Å². The highest BCUT2D eigenvalue weighted by molar-refractivity contribution is 6.02. The second-order valence-electron chi connectivity index (χ2n) is 8.04. The number of ether oxygens (including phenoxy) is 1. The number of anilines is 3. The fourth-order valence-electron chi connectivity index (χ4n) is 4.20. The van der Waals surface area contributed by atoms with Gasteiger partial charge in [0.25, 0.3) is 11.5 Å². The summed E-state index contributed by atoms with van der Waals surface area (Å²) in [5.74, 6) is 0.343. The van der Waals surface area contributed by atoms with Gasteiger partial charge in [0.15, 0.2) is 0 Å². The molecule has 0 spiro atoms. The van der Waals surface area contributed by atoms with E-state index in [0.29, 0.717) is 16.8 Å². The number of H-pyrrole nitrogens is 1. The number of carbonyl (C=O) groups is 1. The zero-order chi connectivity index (χ0) is 23.5. The summed E-state index contributed by atoms with van der Waals surface area (Å²) < 4.78 is 5.43. The molecular weight excluding hydrogens is 430 g/mol. The highest BCUT2D eigenvalue weighted by Crippen LogP contribution is 2.30. The van der Waals surface area contributed by atoms with Gasteiger partial charge in [-0.3, -0.25) is 9.59 Å². The molecule has 5 rings (SSSR count). The van der Waals surface area contributed by atoms with Gasteiger partial charge in [0.05, 0.1) is 18.6 Å². The number of hydrogen-bond acceptors (Lipinski definition) is 6. The minimum Gasteiger partial charge on any atom is -0.378 e. The molecule has 1 amide bonds. The van der Waals surface area contributed by atoms with Gasteiger partial charge in [-0.05, 0) is 48.0 Å². The van der Waals surface area contributed by atoms with Crippen LogP contribution in [0.2, 0.25) is 0 Å². The highest BCUT2D eigenvalue weighted by Gasteiger charge is 2.14. The molecule has 0 unspecified atom stereocenters. The Balaban J connectivity index is 1.47. The van der Waals surface area contributed by atoms with Crippen LogP contribution in [0.3, 0.4) is 0 Å². The average Bonchev–Trinajstić information content (AvgIpc) is 2.90. The lowest BCUT2D eigenvalue weighted by molar-refractivity contribution is 0.0963. The first-order chi connectivity index (χ1) is 16.6. The monoisotopic (exact) mass is 455 g/mol. The highest BCUT2D eigenvalue weighted by atomic mass is 16.5. The Morgan fingerprint density at radius 3 is 2.47 bits per heavy atom. The minimum absolute atomic E-state index is 0.145. The van der Waals surface area contributed by atoms with Crippen molar-refractivity contribution in [3.8, 4) is 11.1 Å². The fourth-order valence-corrected chi connectivity index (χ4v) is 4.20. The quantitative estimate of drug-likeness (QED) is 0.426. The van der Waals surface area contributed by atoms with E-state index in [0.717, 1.165) is 54.2 Å². The molecule has 3 heterocycles. The lowest BCUT2D eigenvalue weighted by Gasteiger charge is -2.28. The molecule has 0 bridgehead atoms. The third-order valence-corrected chi connectivity index (χ3v) is 6.01. The number of aromatic amines is 1. The molecule has 1 fully saturated rings. The Hall–Kier alpha value is -4.17. The smallest absolute Gasteiger partial charge is 0.259 e. The van der Waals surface area contributed by atoms with E-state index >= 15 is 0 Å². The molecule has 8 nitrogen and oxygen atoms in total. The van der Waals surface area contributed by atoms with Crippen molar-refractivity contribution >= 4 is 33.9 Å². The number of pyridine rings is 2. The predicted molar refractivity (Wildman–Crippen MR) is 134 cm³/mol. The van der Waals surface area contributed by atoms with E-state index < -0.39 is 0 Å². The minimum atomic E-state index is -0.221. The number of hydrogen-bond donors (Lipinski definition) is 3. The molecule has 4 aromatic rings. The first kappa shape index (κ1) is 21.7. The van der Waals surface area contributed by atoms with Crippen LogP contribution in [0.5, 0.6) is 0 Å². The number of fused-ring (bicyclic) bond motifs is 1. The lowest BCUT2D eigenvalue weighted by atomic mass is 10.0. The van der Waals surface area contributed by atoms with Gasteiger partial charge in [-0.25, -0.2) is 4.98 Å². The van der Waals surface area contributed by atoms with Gasteiger partial charge in [-0.2, -0.15) is 0 Å². The summed E-state index contributed by atoms with van der Waals surface area (Å²) in [5, 5.41) is 7.18. The van der Waals surface area contributed by atoms with Crippen molar-refractivity contribution in [2.45, 2.75) is 0 Å². The second kappa shape index (κ2) is 9.36. The van der Waals surface area contributed by atoms with Gasteiger partial charge >= 0.3 is 0 Å². The van der Waals surface area contributed by atoms with Crippen molar-refractivity contribution in [2.24, 2.45) is 0 Å². The van der Waals surface area contributed by atoms with E-state index in [2.05, 4.69) is 37.6 Å². The van der Waals surface area contributed by atoms with Gasteiger partial charge in [0.1, 0.15) is 5.82 Å². The summed E-state index contributed by atoms with van der Waals surface area (Å²) >= 11 is 0. The Morgan fingerprint density at radius 1 is 1.03 bits per heavy atom. The number of nitrogens with zero attached hydrogens (tertiary/aromatic N) is 2. The van der Waals surface area contributed by atoms with E-state index in [1.54, 1.807) is 31.6 Å². The Labute approximate surface area is 196 Å². The van der Waals surface area contributed by atoms with Crippen LogP contribution in [0.25, 0.3) is 21.9 Å². The Kier molecular flexibility index (Phi) is 5.97. The third-order valence-electron chi connectivity index (χ3n) is 6.01. The number of nitrogens with one attached hydrogen (secondary N) is 3. The summed E-state index contributed by atoms with van der Waals surface area (Å²) in [4.78, 5) is 34.2. The zero-order valence-corrected chi connectivity index (χ0v) is 18.8. The van der Waals surface area contributed by atoms with E-state index in [1.807, 2.05) is 30.3 Å². The maximum Gasteiger partial charge on any atom is 0.259 e. The first-order valence-electron chi connectivity index (χ1n) is 11.2. The van der Waals surface area contributed by atoms with Crippen molar-refractivity contribution in [1.82, 2.24) is 15.3 Å². The van der Waals surface area contributed by atoms with Crippen LogP contribution in [-0.2, 0) is 4.74 Å². The zero-order valence-electron chi connectivity index (χ0n) is 18.8. The van der Waals surface area contributed by atoms with Crippen molar-refractivity contribution in [3.63, 3.8) is 0 Å². The van der Waals surface area contributed by atoms with Gasteiger partial charge < -0.3 is 25.3 Å². The maximum atomic E-state index is 12.8. The SMILES string of the molecule is CNC(=O)c1ccc(-c2c[nH]c(=O)c3c(Nc4ccc(N5CCOCC5)cc4)nccc23)cc1. The largest absolute Gasteiger partial charge is 0.378 e. The molecule has 3 N–H and O–H groups in total. The topological polar surface area (TPSA) is 99.3 Å². The van der Waals surface area contributed by atoms with E-state index in [-0.39, 0.29) is 11.5 Å². The van der Waals surface area contributed by atoms with Gasteiger partial charge in [-0.15, -0.1) is 0 Å². The first-order valence-corrected chi connectivity index (χ1v) is 11.2. The van der Waals surface area contributed by atoms with Gasteiger partial charge in [-0.1, -0.05) is 12.1 Å². The van der Waals surface area contributed by atoms with E-state index in [4.69, 9.17) is 4.74 Å². The molecule has 0 aliphatic carbocycles. The van der Waals surface area contributed by atoms with Crippen LogP contribution in [0.1, 0.15) is 10.4 Å².